The average molecular weight is 272 g/mol. The van der Waals surface area contributed by atoms with Gasteiger partial charge in [-0.05, 0) is 12.8 Å². The third-order valence-electron chi connectivity index (χ3n) is 3.63. The molecule has 2 amide bonds. The molecule has 0 aromatic rings. The van der Waals surface area contributed by atoms with Crippen molar-refractivity contribution in [3.8, 4) is 0 Å². The van der Waals surface area contributed by atoms with Crippen molar-refractivity contribution < 1.29 is 19.4 Å². The molecule has 6 heteroatoms. The Balaban J connectivity index is 2.46. The molecular weight excluding hydrogens is 248 g/mol. The first-order valence-electron chi connectivity index (χ1n) is 6.73. The summed E-state index contributed by atoms with van der Waals surface area (Å²) in [6.07, 6.45) is 4.13. The summed E-state index contributed by atoms with van der Waals surface area (Å²) < 4.78 is 5.38. The fourth-order valence-electron chi connectivity index (χ4n) is 2.38. The van der Waals surface area contributed by atoms with Crippen molar-refractivity contribution in [1.29, 1.82) is 0 Å². The fourth-order valence-corrected chi connectivity index (χ4v) is 2.38. The summed E-state index contributed by atoms with van der Waals surface area (Å²) in [4.78, 5) is 24.2. The van der Waals surface area contributed by atoms with Crippen molar-refractivity contribution in [2.24, 2.45) is 5.92 Å². The first-order valence-corrected chi connectivity index (χ1v) is 6.73. The number of hydrogen-bond donors (Lipinski definition) is 2. The molecule has 3 atom stereocenters. The van der Waals surface area contributed by atoms with Gasteiger partial charge in [0.15, 0.2) is 0 Å². The maximum atomic E-state index is 12.0. The second kappa shape index (κ2) is 7.33. The number of amides is 2. The largest absolute Gasteiger partial charge is 0.481 e. The van der Waals surface area contributed by atoms with Gasteiger partial charge in [0, 0.05) is 20.7 Å². The van der Waals surface area contributed by atoms with Crippen LogP contribution in [0.2, 0.25) is 0 Å². The summed E-state index contributed by atoms with van der Waals surface area (Å²) >= 11 is 0. The number of hydrogen-bond acceptors (Lipinski definition) is 3. The smallest absolute Gasteiger partial charge is 0.317 e. The second-order valence-corrected chi connectivity index (χ2v) is 5.23. The van der Waals surface area contributed by atoms with Crippen LogP contribution in [0.25, 0.3) is 0 Å². The van der Waals surface area contributed by atoms with Crippen LogP contribution >= 0.6 is 0 Å². The number of aliphatic carboxylic acids is 1. The van der Waals surface area contributed by atoms with Crippen LogP contribution in [0.5, 0.6) is 0 Å². The van der Waals surface area contributed by atoms with Crippen LogP contribution in [0.4, 0.5) is 4.79 Å². The van der Waals surface area contributed by atoms with E-state index in [4.69, 9.17) is 9.84 Å². The molecule has 0 saturated heterocycles. The predicted octanol–water partition coefficient (Wildman–Crippen LogP) is 1.31. The van der Waals surface area contributed by atoms with Gasteiger partial charge in [0.05, 0.1) is 18.1 Å². The lowest BCUT2D eigenvalue weighted by atomic mass is 9.92. The fraction of sp³-hybridized carbons (Fsp3) is 0.846. The van der Waals surface area contributed by atoms with Crippen molar-refractivity contribution in [2.75, 3.05) is 20.7 Å². The van der Waals surface area contributed by atoms with Crippen molar-refractivity contribution in [3.63, 3.8) is 0 Å². The van der Waals surface area contributed by atoms with Gasteiger partial charge in [-0.25, -0.2) is 4.79 Å². The molecule has 2 N–H and O–H groups in total. The number of carboxylic acid groups (broad SMARTS) is 1. The molecule has 1 aliphatic rings. The molecule has 0 aromatic carbocycles. The van der Waals surface area contributed by atoms with Crippen LogP contribution in [-0.4, -0.2) is 54.9 Å². The Bertz CT molecular complexity index is 322. The van der Waals surface area contributed by atoms with Crippen LogP contribution in [0, 0.1) is 5.92 Å². The second-order valence-electron chi connectivity index (χ2n) is 5.23. The van der Waals surface area contributed by atoms with Gasteiger partial charge in [-0.15, -0.1) is 0 Å². The molecule has 6 nitrogen and oxygen atoms in total. The number of carbonyl (C=O) groups excluding carboxylic acids is 1. The molecular formula is C13H24N2O4. The molecule has 1 rings (SSSR count). The third-order valence-corrected chi connectivity index (χ3v) is 3.63. The molecule has 0 spiro atoms. The van der Waals surface area contributed by atoms with E-state index in [2.05, 4.69) is 5.32 Å². The Hall–Kier alpha value is -1.30. The molecule has 3 unspecified atom stereocenters. The van der Waals surface area contributed by atoms with E-state index in [-0.39, 0.29) is 24.7 Å². The van der Waals surface area contributed by atoms with Crippen LogP contribution in [0.3, 0.4) is 0 Å². The van der Waals surface area contributed by atoms with E-state index in [1.165, 1.54) is 4.90 Å². The molecule has 0 aromatic heterocycles. The minimum atomic E-state index is -0.896. The molecule has 0 radical (unpaired) electrons. The van der Waals surface area contributed by atoms with Gasteiger partial charge in [0.1, 0.15) is 0 Å². The van der Waals surface area contributed by atoms with Crippen molar-refractivity contribution in [1.82, 2.24) is 10.2 Å². The van der Waals surface area contributed by atoms with Crippen molar-refractivity contribution in [3.05, 3.63) is 0 Å². The van der Waals surface area contributed by atoms with Gasteiger partial charge in [-0.1, -0.05) is 19.8 Å². The molecule has 110 valence electrons. The van der Waals surface area contributed by atoms with Gasteiger partial charge in [-0.3, -0.25) is 4.79 Å². The molecule has 19 heavy (non-hydrogen) atoms. The lowest BCUT2D eigenvalue weighted by Gasteiger charge is -2.32. The van der Waals surface area contributed by atoms with Crippen LogP contribution in [-0.2, 0) is 9.53 Å². The Morgan fingerprint density at radius 3 is 2.63 bits per heavy atom. The van der Waals surface area contributed by atoms with E-state index >= 15 is 0 Å². The third kappa shape index (κ3) is 4.70. The van der Waals surface area contributed by atoms with Gasteiger partial charge in [0.25, 0.3) is 0 Å². The minimum Gasteiger partial charge on any atom is -0.481 e. The Morgan fingerprint density at radius 2 is 2.05 bits per heavy atom. The zero-order chi connectivity index (χ0) is 14.4. The van der Waals surface area contributed by atoms with E-state index in [1.807, 2.05) is 0 Å². The van der Waals surface area contributed by atoms with Crippen molar-refractivity contribution in [2.45, 2.75) is 44.8 Å². The predicted molar refractivity (Wildman–Crippen MR) is 71.0 cm³/mol. The highest BCUT2D eigenvalue weighted by Gasteiger charge is 2.27. The first kappa shape index (κ1) is 15.8. The monoisotopic (exact) mass is 272 g/mol. The molecule has 1 fully saturated rings. The number of carbonyl (C=O) groups is 2. The van der Waals surface area contributed by atoms with Crippen molar-refractivity contribution >= 4 is 12.0 Å². The number of methoxy groups -OCH3 is 1. The summed E-state index contributed by atoms with van der Waals surface area (Å²) in [5, 5.41) is 11.8. The maximum absolute atomic E-state index is 12.0. The maximum Gasteiger partial charge on any atom is 0.317 e. The summed E-state index contributed by atoms with van der Waals surface area (Å²) in [6, 6.07) is -0.212. The van der Waals surface area contributed by atoms with Gasteiger partial charge < -0.3 is 20.1 Å². The summed E-state index contributed by atoms with van der Waals surface area (Å²) in [7, 11) is 3.27. The Labute approximate surface area is 114 Å². The molecule has 0 bridgehead atoms. The number of urea groups is 1. The van der Waals surface area contributed by atoms with E-state index in [9.17, 15) is 9.59 Å². The highest BCUT2D eigenvalue weighted by Crippen LogP contribution is 2.20. The SMILES string of the molecule is COC1CCCCC1NC(=O)N(C)CC(C)C(=O)O. The van der Waals surface area contributed by atoms with E-state index in [1.54, 1.807) is 21.1 Å². The van der Waals surface area contributed by atoms with Crippen LogP contribution < -0.4 is 5.32 Å². The zero-order valence-corrected chi connectivity index (χ0v) is 11.9. The zero-order valence-electron chi connectivity index (χ0n) is 11.9. The lowest BCUT2D eigenvalue weighted by molar-refractivity contribution is -0.141. The summed E-state index contributed by atoms with van der Waals surface area (Å²) in [5.74, 6) is -1.47. The van der Waals surface area contributed by atoms with Gasteiger partial charge in [0.2, 0.25) is 0 Å². The topological polar surface area (TPSA) is 78.9 Å². The van der Waals surface area contributed by atoms with Gasteiger partial charge >= 0.3 is 12.0 Å². The molecule has 1 aliphatic carbocycles. The van der Waals surface area contributed by atoms with E-state index in [0.717, 1.165) is 25.7 Å². The number of carboxylic acids is 1. The standard InChI is InChI=1S/C13H24N2O4/c1-9(12(16)17)8-15(2)13(18)14-10-6-4-5-7-11(10)19-3/h9-11H,4-8H2,1-3H3,(H,14,18)(H,16,17). The number of nitrogens with one attached hydrogen (secondary N) is 1. The minimum absolute atomic E-state index is 0.0221. The van der Waals surface area contributed by atoms with Gasteiger partial charge in [-0.2, -0.15) is 0 Å². The average Bonchev–Trinajstić information content (AvgIpc) is 2.38. The summed E-state index contributed by atoms with van der Waals surface area (Å²) in [6.45, 7) is 1.79. The van der Waals surface area contributed by atoms with Crippen LogP contribution in [0.15, 0.2) is 0 Å². The first-order chi connectivity index (χ1) is 8.95. The number of nitrogens with zero attached hydrogens (tertiary/aromatic N) is 1. The Morgan fingerprint density at radius 1 is 1.42 bits per heavy atom. The molecule has 0 heterocycles. The number of ether oxygens (including phenoxy) is 1. The highest BCUT2D eigenvalue weighted by atomic mass is 16.5. The quantitative estimate of drug-likeness (QED) is 0.791. The Kier molecular flexibility index (Phi) is 6.08. The lowest BCUT2D eigenvalue weighted by Crippen LogP contribution is -2.50. The van der Waals surface area contributed by atoms with Crippen LogP contribution in [0.1, 0.15) is 32.6 Å². The normalized spacial score (nSPS) is 24.6. The van der Waals surface area contributed by atoms with E-state index in [0.29, 0.717) is 0 Å². The summed E-state index contributed by atoms with van der Waals surface area (Å²) in [5.41, 5.74) is 0. The number of rotatable bonds is 5. The van der Waals surface area contributed by atoms with E-state index < -0.39 is 11.9 Å². The highest BCUT2D eigenvalue weighted by molar-refractivity contribution is 5.76. The molecule has 0 aliphatic heterocycles. The molecule has 1 saturated carbocycles.